The van der Waals surface area contributed by atoms with Crippen molar-refractivity contribution in [2.75, 3.05) is 7.05 Å². The van der Waals surface area contributed by atoms with Crippen LogP contribution in [0.1, 0.15) is 48.7 Å². The van der Waals surface area contributed by atoms with E-state index < -0.39 is 29.5 Å². The molecule has 2 aromatic rings. The number of ether oxygens (including phenoxy) is 1. The van der Waals surface area contributed by atoms with Crippen LogP contribution in [-0.2, 0) is 4.79 Å². The maximum absolute atomic E-state index is 15.3. The van der Waals surface area contributed by atoms with Crippen molar-refractivity contribution >= 4 is 23.4 Å². The molecule has 0 radical (unpaired) electrons. The van der Waals surface area contributed by atoms with E-state index in [9.17, 15) is 14.0 Å². The molecule has 2 aromatic carbocycles. The Labute approximate surface area is 178 Å². The summed E-state index contributed by atoms with van der Waals surface area (Å²) < 4.78 is 34.7. The fourth-order valence-electron chi connectivity index (χ4n) is 3.04. The number of primary amides is 1. The molecule has 0 saturated heterocycles. The Balaban J connectivity index is 2.36. The Kier molecular flexibility index (Phi) is 8.14. The molecule has 0 fully saturated rings. The minimum atomic E-state index is -0.735. The molecule has 2 atom stereocenters. The fraction of sp³-hybridized carbons (Fsp3) is 0.333. The molecule has 4 N–H and O–H groups in total. The molecule has 2 rings (SSSR count). The van der Waals surface area contributed by atoms with Gasteiger partial charge in [-0.05, 0) is 37.6 Å². The lowest BCUT2D eigenvalue weighted by Gasteiger charge is -2.23. The molecule has 0 aliphatic heterocycles. The predicted molar refractivity (Wildman–Crippen MR) is 111 cm³/mol. The van der Waals surface area contributed by atoms with E-state index in [0.29, 0.717) is 12.0 Å². The molecule has 0 aliphatic carbocycles. The minimum absolute atomic E-state index is 0.0158. The monoisotopic (exact) mass is 439 g/mol. The van der Waals surface area contributed by atoms with Gasteiger partial charge in [-0.3, -0.25) is 9.59 Å². The molecule has 2 amide bonds. The number of nitrogens with one attached hydrogen (secondary N) is 2. The van der Waals surface area contributed by atoms with E-state index in [2.05, 4.69) is 10.6 Å². The SMILES string of the molecule is CC[C@@H](N[C@@H](C)CC(N)=O)c1ccc(Cl)c(Oc2ccc(F)c(C(=O)NC)c2)c1F. The molecule has 0 heterocycles. The minimum Gasteiger partial charge on any atom is -0.453 e. The number of rotatable bonds is 9. The molecule has 6 nitrogen and oxygen atoms in total. The molecule has 0 unspecified atom stereocenters. The number of carbonyl (C=O) groups excluding carboxylic acids is 2. The Morgan fingerprint density at radius 1 is 1.23 bits per heavy atom. The van der Waals surface area contributed by atoms with Crippen molar-refractivity contribution in [1.29, 1.82) is 0 Å². The predicted octanol–water partition coefficient (Wildman–Crippen LogP) is 4.07. The number of hydrogen-bond acceptors (Lipinski definition) is 4. The number of carbonyl (C=O) groups is 2. The van der Waals surface area contributed by atoms with Crippen LogP contribution in [0.4, 0.5) is 8.78 Å². The third-order valence-electron chi connectivity index (χ3n) is 4.49. The lowest BCUT2D eigenvalue weighted by atomic mass is 10.0. The van der Waals surface area contributed by atoms with E-state index >= 15 is 4.39 Å². The van der Waals surface area contributed by atoms with Crippen LogP contribution in [0.15, 0.2) is 30.3 Å². The third-order valence-corrected chi connectivity index (χ3v) is 4.78. The lowest BCUT2D eigenvalue weighted by molar-refractivity contribution is -0.118. The molecule has 30 heavy (non-hydrogen) atoms. The van der Waals surface area contributed by atoms with Gasteiger partial charge in [-0.1, -0.05) is 24.6 Å². The molecule has 0 bridgehead atoms. The topological polar surface area (TPSA) is 93.4 Å². The van der Waals surface area contributed by atoms with Crippen LogP contribution in [0.25, 0.3) is 0 Å². The normalized spacial score (nSPS) is 12.9. The highest BCUT2D eigenvalue weighted by Gasteiger charge is 2.23. The van der Waals surface area contributed by atoms with Crippen molar-refractivity contribution in [2.24, 2.45) is 5.73 Å². The molecular formula is C21H24ClF2N3O3. The first-order valence-corrected chi connectivity index (χ1v) is 9.77. The number of hydrogen-bond donors (Lipinski definition) is 3. The Morgan fingerprint density at radius 3 is 2.53 bits per heavy atom. The summed E-state index contributed by atoms with van der Waals surface area (Å²) in [6.07, 6.45) is 0.630. The Bertz CT molecular complexity index is 940. The summed E-state index contributed by atoms with van der Waals surface area (Å²) in [6.45, 7) is 3.64. The molecule has 9 heteroatoms. The molecule has 0 saturated carbocycles. The van der Waals surface area contributed by atoms with E-state index in [1.807, 2.05) is 6.92 Å². The van der Waals surface area contributed by atoms with Gasteiger partial charge >= 0.3 is 0 Å². The summed E-state index contributed by atoms with van der Waals surface area (Å²) in [5.41, 5.74) is 5.27. The third kappa shape index (κ3) is 5.67. The van der Waals surface area contributed by atoms with Crippen LogP contribution in [0.3, 0.4) is 0 Å². The van der Waals surface area contributed by atoms with Gasteiger partial charge in [-0.25, -0.2) is 8.78 Å². The van der Waals surface area contributed by atoms with Crippen LogP contribution < -0.4 is 21.1 Å². The van der Waals surface area contributed by atoms with Crippen LogP contribution >= 0.6 is 11.6 Å². The largest absolute Gasteiger partial charge is 0.453 e. The summed E-state index contributed by atoms with van der Waals surface area (Å²) in [6, 6.07) is 5.82. The van der Waals surface area contributed by atoms with Gasteiger partial charge in [0.05, 0.1) is 10.6 Å². The second kappa shape index (κ2) is 10.4. The van der Waals surface area contributed by atoms with Gasteiger partial charge in [-0.2, -0.15) is 0 Å². The van der Waals surface area contributed by atoms with Crippen LogP contribution in [0.2, 0.25) is 5.02 Å². The Hall–Kier alpha value is -2.71. The zero-order chi connectivity index (χ0) is 22.4. The smallest absolute Gasteiger partial charge is 0.254 e. The van der Waals surface area contributed by atoms with Gasteiger partial charge in [0.15, 0.2) is 11.6 Å². The van der Waals surface area contributed by atoms with Crippen LogP contribution in [0, 0.1) is 11.6 Å². The zero-order valence-electron chi connectivity index (χ0n) is 16.9. The van der Waals surface area contributed by atoms with E-state index in [4.69, 9.17) is 22.1 Å². The first-order chi connectivity index (χ1) is 14.2. The van der Waals surface area contributed by atoms with Gasteiger partial charge < -0.3 is 21.1 Å². The molecule has 162 valence electrons. The fourth-order valence-corrected chi connectivity index (χ4v) is 3.22. The van der Waals surface area contributed by atoms with Gasteiger partial charge in [0.25, 0.3) is 5.91 Å². The number of halogens is 3. The number of benzene rings is 2. The second-order valence-corrected chi connectivity index (χ2v) is 7.21. The van der Waals surface area contributed by atoms with Gasteiger partial charge in [0.1, 0.15) is 11.6 Å². The summed E-state index contributed by atoms with van der Waals surface area (Å²) in [5, 5.41) is 5.50. The van der Waals surface area contributed by atoms with Gasteiger partial charge in [0.2, 0.25) is 5.91 Å². The quantitative estimate of drug-likeness (QED) is 0.549. The number of amides is 2. The standard InChI is InChI=1S/C21H24ClF2N3O3/c1-4-17(27-11(2)9-18(25)28)13-6-7-15(22)20(19(13)24)30-12-5-8-16(23)14(10-12)21(29)26-3/h5-8,10-11,17,27H,4,9H2,1-3H3,(H2,25,28)(H,26,29)/t11-,17+/m0/s1. The summed E-state index contributed by atoms with van der Waals surface area (Å²) in [5.74, 6) is -2.73. The molecule has 0 spiro atoms. The van der Waals surface area contributed by atoms with Crippen molar-refractivity contribution in [3.63, 3.8) is 0 Å². The summed E-state index contributed by atoms with van der Waals surface area (Å²) >= 11 is 6.13. The summed E-state index contributed by atoms with van der Waals surface area (Å²) in [4.78, 5) is 22.9. The van der Waals surface area contributed by atoms with Crippen molar-refractivity contribution in [2.45, 2.75) is 38.8 Å². The average Bonchev–Trinajstić information content (AvgIpc) is 2.69. The molecule has 0 aromatic heterocycles. The molecule has 0 aliphatic rings. The molecular weight excluding hydrogens is 416 g/mol. The van der Waals surface area contributed by atoms with Crippen LogP contribution in [0.5, 0.6) is 11.5 Å². The zero-order valence-corrected chi connectivity index (χ0v) is 17.6. The van der Waals surface area contributed by atoms with Crippen molar-refractivity contribution in [3.8, 4) is 11.5 Å². The van der Waals surface area contributed by atoms with Crippen molar-refractivity contribution in [3.05, 3.63) is 58.1 Å². The van der Waals surface area contributed by atoms with E-state index in [-0.39, 0.29) is 34.5 Å². The van der Waals surface area contributed by atoms with Gasteiger partial charge in [0, 0.05) is 31.1 Å². The lowest BCUT2D eigenvalue weighted by Crippen LogP contribution is -2.34. The second-order valence-electron chi connectivity index (χ2n) is 6.80. The summed E-state index contributed by atoms with van der Waals surface area (Å²) in [7, 11) is 1.37. The van der Waals surface area contributed by atoms with Crippen molar-refractivity contribution in [1.82, 2.24) is 10.6 Å². The van der Waals surface area contributed by atoms with E-state index in [0.717, 1.165) is 6.07 Å². The van der Waals surface area contributed by atoms with Crippen molar-refractivity contribution < 1.29 is 23.1 Å². The highest BCUT2D eigenvalue weighted by atomic mass is 35.5. The first-order valence-electron chi connectivity index (χ1n) is 9.39. The first kappa shape index (κ1) is 23.6. The maximum Gasteiger partial charge on any atom is 0.254 e. The van der Waals surface area contributed by atoms with Crippen LogP contribution in [-0.4, -0.2) is 24.9 Å². The highest BCUT2D eigenvalue weighted by Crippen LogP contribution is 2.37. The maximum atomic E-state index is 15.3. The Morgan fingerprint density at radius 2 is 1.93 bits per heavy atom. The van der Waals surface area contributed by atoms with E-state index in [1.165, 1.54) is 31.3 Å². The number of nitrogens with two attached hydrogens (primary N) is 1. The highest BCUT2D eigenvalue weighted by molar-refractivity contribution is 6.32. The average molecular weight is 440 g/mol. The van der Waals surface area contributed by atoms with Gasteiger partial charge in [-0.15, -0.1) is 0 Å². The van der Waals surface area contributed by atoms with E-state index in [1.54, 1.807) is 6.92 Å².